The highest BCUT2D eigenvalue weighted by Gasteiger charge is 2.21. The van der Waals surface area contributed by atoms with E-state index in [1.165, 1.54) is 11.8 Å². The lowest BCUT2D eigenvalue weighted by atomic mass is 10.1. The number of benzene rings is 2. The third-order valence-electron chi connectivity index (χ3n) is 4.75. The average molecular weight is 451 g/mol. The molecule has 0 saturated carbocycles. The number of nitrogens with zero attached hydrogens (tertiary/aromatic N) is 4. The maximum absolute atomic E-state index is 12.6. The van der Waals surface area contributed by atoms with Crippen molar-refractivity contribution >= 4 is 40.4 Å². The molecule has 0 saturated heterocycles. The second-order valence-electron chi connectivity index (χ2n) is 8.54. The van der Waals surface area contributed by atoms with Gasteiger partial charge in [0.25, 0.3) is 0 Å². The summed E-state index contributed by atoms with van der Waals surface area (Å²) >= 11 is 1.32. The van der Waals surface area contributed by atoms with E-state index in [4.69, 9.17) is 0 Å². The van der Waals surface area contributed by atoms with Gasteiger partial charge < -0.3 is 10.6 Å². The lowest BCUT2D eigenvalue weighted by Crippen LogP contribution is -2.42. The molecule has 0 aliphatic carbocycles. The number of thioether (sulfide) groups is 1. The Bertz CT molecular complexity index is 1260. The predicted molar refractivity (Wildman–Crippen MR) is 125 cm³/mol. The van der Waals surface area contributed by atoms with Crippen LogP contribution in [0, 0.1) is 0 Å². The molecule has 0 fully saturated rings. The van der Waals surface area contributed by atoms with Crippen molar-refractivity contribution < 1.29 is 9.59 Å². The number of hydrogen-bond donors (Lipinski definition) is 2. The van der Waals surface area contributed by atoms with Crippen LogP contribution in [-0.2, 0) is 22.7 Å². The van der Waals surface area contributed by atoms with Crippen molar-refractivity contribution in [3.63, 3.8) is 0 Å². The van der Waals surface area contributed by atoms with Crippen molar-refractivity contribution in [1.29, 1.82) is 0 Å². The summed E-state index contributed by atoms with van der Waals surface area (Å²) < 4.78 is 3.75. The molecule has 0 aliphatic rings. The van der Waals surface area contributed by atoms with Crippen LogP contribution in [0.1, 0.15) is 26.3 Å². The molecule has 2 aromatic heterocycles. The summed E-state index contributed by atoms with van der Waals surface area (Å²) in [6.07, 6.45) is 0. The van der Waals surface area contributed by atoms with Crippen molar-refractivity contribution in [1.82, 2.24) is 29.8 Å². The van der Waals surface area contributed by atoms with Crippen LogP contribution < -0.4 is 10.6 Å². The van der Waals surface area contributed by atoms with Gasteiger partial charge in [0, 0.05) is 12.1 Å². The lowest BCUT2D eigenvalue weighted by molar-refractivity contribution is -0.123. The fraction of sp³-hybridized carbons (Fsp3) is 0.304. The first-order chi connectivity index (χ1) is 15.3. The number of amides is 2. The van der Waals surface area contributed by atoms with Crippen LogP contribution in [0.15, 0.2) is 59.8 Å². The van der Waals surface area contributed by atoms with Gasteiger partial charge in [-0.25, -0.2) is 0 Å². The van der Waals surface area contributed by atoms with Gasteiger partial charge in [0.15, 0.2) is 5.16 Å². The molecule has 0 spiro atoms. The summed E-state index contributed by atoms with van der Waals surface area (Å²) in [7, 11) is 0. The minimum Gasteiger partial charge on any atom is -0.351 e. The largest absolute Gasteiger partial charge is 0.351 e. The minimum atomic E-state index is -0.321. The Labute approximate surface area is 190 Å². The Morgan fingerprint density at radius 1 is 0.938 bits per heavy atom. The Morgan fingerprint density at radius 2 is 1.62 bits per heavy atom. The molecule has 166 valence electrons. The fourth-order valence-corrected chi connectivity index (χ4v) is 4.24. The molecular formula is C23H26N6O2S. The molecule has 4 rings (SSSR count). The Kier molecular flexibility index (Phi) is 6.18. The average Bonchev–Trinajstić information content (AvgIpc) is 3.30. The molecule has 0 atom stereocenters. The van der Waals surface area contributed by atoms with Gasteiger partial charge in [-0.3, -0.25) is 18.6 Å². The van der Waals surface area contributed by atoms with E-state index in [0.717, 1.165) is 16.6 Å². The molecule has 4 aromatic rings. The standard InChI is InChI=1S/C23H26N6O2S/c1-23(2,3)25-19(30)14-28-17-11-7-8-12-18(17)29-21(28)26-27-22(29)32-15-20(31)24-13-16-9-5-4-6-10-16/h4-12H,13-15H2,1-3H3,(H,24,31)(H,25,30). The number of aromatic nitrogens is 4. The molecule has 8 nitrogen and oxygen atoms in total. The van der Waals surface area contributed by atoms with E-state index in [2.05, 4.69) is 20.8 Å². The van der Waals surface area contributed by atoms with E-state index >= 15 is 0 Å². The van der Waals surface area contributed by atoms with Crippen LogP contribution >= 0.6 is 11.8 Å². The summed E-state index contributed by atoms with van der Waals surface area (Å²) in [5, 5.41) is 15.1. The first kappa shape index (κ1) is 21.9. The fourth-order valence-electron chi connectivity index (χ4n) is 3.47. The van der Waals surface area contributed by atoms with Crippen molar-refractivity contribution in [2.75, 3.05) is 5.75 Å². The molecule has 2 amide bonds. The summed E-state index contributed by atoms with van der Waals surface area (Å²) in [5.41, 5.74) is 2.51. The minimum absolute atomic E-state index is 0.0797. The zero-order chi connectivity index (χ0) is 22.7. The normalized spacial score (nSPS) is 11.7. The van der Waals surface area contributed by atoms with E-state index in [0.29, 0.717) is 17.5 Å². The summed E-state index contributed by atoms with van der Waals surface area (Å²) in [4.78, 5) is 24.9. The van der Waals surface area contributed by atoms with Gasteiger partial charge in [0.05, 0.1) is 16.8 Å². The number of carbonyl (C=O) groups is 2. The van der Waals surface area contributed by atoms with Crippen molar-refractivity contribution in [3.8, 4) is 0 Å². The molecule has 2 heterocycles. The van der Waals surface area contributed by atoms with Gasteiger partial charge in [-0.05, 0) is 38.5 Å². The Morgan fingerprint density at radius 3 is 2.34 bits per heavy atom. The predicted octanol–water partition coefficient (Wildman–Crippen LogP) is 3.01. The van der Waals surface area contributed by atoms with Gasteiger partial charge in [0.2, 0.25) is 17.6 Å². The molecule has 0 unspecified atom stereocenters. The smallest absolute Gasteiger partial charge is 0.240 e. The molecule has 32 heavy (non-hydrogen) atoms. The highest BCUT2D eigenvalue weighted by molar-refractivity contribution is 7.99. The maximum atomic E-state index is 12.6. The number of carbonyl (C=O) groups excluding carboxylic acids is 2. The van der Waals surface area contributed by atoms with E-state index in [1.54, 1.807) is 0 Å². The van der Waals surface area contributed by atoms with E-state index in [-0.39, 0.29) is 29.7 Å². The van der Waals surface area contributed by atoms with Crippen LogP contribution in [0.3, 0.4) is 0 Å². The van der Waals surface area contributed by atoms with Gasteiger partial charge in [-0.15, -0.1) is 10.2 Å². The highest BCUT2D eigenvalue weighted by Crippen LogP contribution is 2.25. The third kappa shape index (κ3) is 4.94. The number of rotatable bonds is 7. The first-order valence-corrected chi connectivity index (χ1v) is 11.4. The van der Waals surface area contributed by atoms with Crippen LogP contribution in [0.25, 0.3) is 16.8 Å². The molecule has 9 heteroatoms. The van der Waals surface area contributed by atoms with Crippen LogP contribution in [0.2, 0.25) is 0 Å². The Hall–Kier alpha value is -3.33. The topological polar surface area (TPSA) is 93.3 Å². The Balaban J connectivity index is 1.52. The van der Waals surface area contributed by atoms with Crippen molar-refractivity contribution in [2.24, 2.45) is 0 Å². The second-order valence-corrected chi connectivity index (χ2v) is 9.48. The van der Waals surface area contributed by atoms with E-state index < -0.39 is 0 Å². The van der Waals surface area contributed by atoms with Crippen molar-refractivity contribution in [3.05, 3.63) is 60.2 Å². The SMILES string of the molecule is CC(C)(C)NC(=O)Cn1c2ccccc2n2c(SCC(=O)NCc3ccccc3)nnc12. The molecule has 0 aliphatic heterocycles. The number of imidazole rings is 1. The first-order valence-electron chi connectivity index (χ1n) is 10.4. The molecule has 0 radical (unpaired) electrons. The number of para-hydroxylation sites is 2. The molecule has 2 aromatic carbocycles. The van der Waals surface area contributed by atoms with Gasteiger partial charge >= 0.3 is 0 Å². The van der Waals surface area contributed by atoms with E-state index in [9.17, 15) is 9.59 Å². The maximum Gasteiger partial charge on any atom is 0.240 e. The van der Waals surface area contributed by atoms with Crippen LogP contribution in [-0.4, -0.2) is 42.3 Å². The van der Waals surface area contributed by atoms with Gasteiger partial charge in [-0.1, -0.05) is 54.2 Å². The molecular weight excluding hydrogens is 424 g/mol. The second kappa shape index (κ2) is 9.04. The van der Waals surface area contributed by atoms with E-state index in [1.807, 2.05) is 84.3 Å². The molecule has 0 bridgehead atoms. The van der Waals surface area contributed by atoms with Crippen LogP contribution in [0.4, 0.5) is 0 Å². The lowest BCUT2D eigenvalue weighted by Gasteiger charge is -2.20. The van der Waals surface area contributed by atoms with Crippen molar-refractivity contribution in [2.45, 2.75) is 44.6 Å². The number of hydrogen-bond acceptors (Lipinski definition) is 5. The summed E-state index contributed by atoms with van der Waals surface area (Å²) in [6.45, 7) is 6.46. The summed E-state index contributed by atoms with van der Waals surface area (Å²) in [6, 6.07) is 17.6. The monoisotopic (exact) mass is 450 g/mol. The van der Waals surface area contributed by atoms with Crippen LogP contribution in [0.5, 0.6) is 0 Å². The van der Waals surface area contributed by atoms with Gasteiger partial charge in [0.1, 0.15) is 6.54 Å². The highest BCUT2D eigenvalue weighted by atomic mass is 32.2. The zero-order valence-electron chi connectivity index (χ0n) is 18.3. The zero-order valence-corrected chi connectivity index (χ0v) is 19.1. The molecule has 2 N–H and O–H groups in total. The summed E-state index contributed by atoms with van der Waals surface area (Å²) in [5.74, 6) is 0.613. The number of nitrogens with one attached hydrogen (secondary N) is 2. The quantitative estimate of drug-likeness (QED) is 0.422. The van der Waals surface area contributed by atoms with Gasteiger partial charge in [-0.2, -0.15) is 0 Å². The third-order valence-corrected chi connectivity index (χ3v) is 5.68. The number of fused-ring (bicyclic) bond motifs is 3.